The molecular weight excluding hydrogens is 202 g/mol. The van der Waals surface area contributed by atoms with E-state index in [2.05, 4.69) is 5.32 Å². The largest absolute Gasteiger partial charge is 0.508 e. The Morgan fingerprint density at radius 3 is 2.69 bits per heavy atom. The molecule has 1 unspecified atom stereocenters. The van der Waals surface area contributed by atoms with Crippen LogP contribution in [0.2, 0.25) is 0 Å². The number of nitrogens with one attached hydrogen (secondary N) is 1. The molecule has 1 saturated heterocycles. The normalized spacial score (nSPS) is 24.8. The first-order valence-corrected chi connectivity index (χ1v) is 5.74. The number of benzene rings is 1. The van der Waals surface area contributed by atoms with Crippen LogP contribution in [-0.4, -0.2) is 31.9 Å². The molecule has 3 heteroatoms. The van der Waals surface area contributed by atoms with Crippen LogP contribution in [0.15, 0.2) is 24.3 Å². The zero-order valence-corrected chi connectivity index (χ0v) is 9.70. The lowest BCUT2D eigenvalue weighted by Crippen LogP contribution is -2.35. The van der Waals surface area contributed by atoms with Gasteiger partial charge in [0.15, 0.2) is 0 Å². The summed E-state index contributed by atoms with van der Waals surface area (Å²) in [5, 5.41) is 12.5. The first kappa shape index (κ1) is 11.4. The second-order valence-electron chi connectivity index (χ2n) is 4.68. The van der Waals surface area contributed by atoms with E-state index in [0.29, 0.717) is 5.75 Å². The zero-order chi connectivity index (χ0) is 11.4. The summed E-state index contributed by atoms with van der Waals surface area (Å²) in [4.78, 5) is 0. The van der Waals surface area contributed by atoms with Crippen molar-refractivity contribution in [2.45, 2.75) is 12.8 Å². The second kappa shape index (κ2) is 4.85. The van der Waals surface area contributed by atoms with Crippen LogP contribution >= 0.6 is 0 Å². The number of phenolic OH excluding ortho intramolecular Hbond substituents is 1. The van der Waals surface area contributed by atoms with Crippen molar-refractivity contribution in [2.75, 3.05) is 26.8 Å². The third-order valence-corrected chi connectivity index (χ3v) is 3.25. The lowest BCUT2D eigenvalue weighted by molar-refractivity contribution is 0.150. The minimum Gasteiger partial charge on any atom is -0.508 e. The molecule has 3 nitrogen and oxygen atoms in total. The third-order valence-electron chi connectivity index (χ3n) is 3.25. The average Bonchev–Trinajstić information content (AvgIpc) is 2.71. The fourth-order valence-electron chi connectivity index (χ4n) is 2.41. The van der Waals surface area contributed by atoms with Gasteiger partial charge in [0.2, 0.25) is 0 Å². The minimum atomic E-state index is 0.228. The molecule has 0 aliphatic carbocycles. The Labute approximate surface area is 96.4 Å². The van der Waals surface area contributed by atoms with Gasteiger partial charge in [-0.2, -0.15) is 0 Å². The Morgan fingerprint density at radius 2 is 2.12 bits per heavy atom. The van der Waals surface area contributed by atoms with E-state index in [1.807, 2.05) is 19.2 Å². The summed E-state index contributed by atoms with van der Waals surface area (Å²) in [7, 11) is 1.98. The minimum absolute atomic E-state index is 0.228. The summed E-state index contributed by atoms with van der Waals surface area (Å²) in [5.74, 6) is 0.328. The van der Waals surface area contributed by atoms with Crippen molar-refractivity contribution in [3.05, 3.63) is 29.8 Å². The number of hydrogen-bond donors (Lipinski definition) is 2. The van der Waals surface area contributed by atoms with Gasteiger partial charge in [-0.15, -0.1) is 0 Å². The van der Waals surface area contributed by atoms with Crippen LogP contribution < -0.4 is 5.32 Å². The maximum Gasteiger partial charge on any atom is 0.115 e. The van der Waals surface area contributed by atoms with E-state index in [4.69, 9.17) is 4.74 Å². The first-order valence-electron chi connectivity index (χ1n) is 5.74. The van der Waals surface area contributed by atoms with Gasteiger partial charge in [-0.05, 0) is 37.6 Å². The predicted molar refractivity (Wildman–Crippen MR) is 63.6 cm³/mol. The van der Waals surface area contributed by atoms with Crippen molar-refractivity contribution in [3.8, 4) is 5.75 Å². The second-order valence-corrected chi connectivity index (χ2v) is 4.68. The molecule has 0 amide bonds. The molecule has 2 N–H and O–H groups in total. The monoisotopic (exact) mass is 221 g/mol. The van der Waals surface area contributed by atoms with Crippen molar-refractivity contribution >= 4 is 0 Å². The van der Waals surface area contributed by atoms with Crippen LogP contribution in [0.4, 0.5) is 0 Å². The lowest BCUT2D eigenvalue weighted by atomic mass is 9.81. The van der Waals surface area contributed by atoms with Crippen molar-refractivity contribution < 1.29 is 9.84 Å². The number of hydrogen-bond acceptors (Lipinski definition) is 3. The molecule has 1 aliphatic heterocycles. The maximum absolute atomic E-state index is 9.25. The third kappa shape index (κ3) is 2.54. The van der Waals surface area contributed by atoms with E-state index in [0.717, 1.165) is 32.6 Å². The van der Waals surface area contributed by atoms with Gasteiger partial charge in [0.05, 0.1) is 6.61 Å². The highest BCUT2D eigenvalue weighted by Crippen LogP contribution is 2.32. The van der Waals surface area contributed by atoms with Crippen molar-refractivity contribution in [2.24, 2.45) is 5.41 Å². The molecule has 2 rings (SSSR count). The first-order chi connectivity index (χ1) is 7.74. The quantitative estimate of drug-likeness (QED) is 0.810. The summed E-state index contributed by atoms with van der Waals surface area (Å²) in [6.45, 7) is 2.67. The molecule has 1 atom stereocenters. The molecular formula is C13H19NO2. The molecule has 0 bridgehead atoms. The average molecular weight is 221 g/mol. The molecule has 16 heavy (non-hydrogen) atoms. The van der Waals surface area contributed by atoms with Gasteiger partial charge in [-0.1, -0.05) is 12.1 Å². The summed E-state index contributed by atoms with van der Waals surface area (Å²) < 4.78 is 5.52. The van der Waals surface area contributed by atoms with E-state index < -0.39 is 0 Å². The molecule has 0 spiro atoms. The van der Waals surface area contributed by atoms with Gasteiger partial charge in [0.25, 0.3) is 0 Å². The Bertz CT molecular complexity index is 328. The summed E-state index contributed by atoms with van der Waals surface area (Å²) in [6, 6.07) is 7.48. The molecule has 1 fully saturated rings. The van der Waals surface area contributed by atoms with Gasteiger partial charge in [-0.3, -0.25) is 0 Å². The highest BCUT2D eigenvalue weighted by Gasteiger charge is 2.34. The molecule has 1 heterocycles. The summed E-state index contributed by atoms with van der Waals surface area (Å²) >= 11 is 0. The fraction of sp³-hybridized carbons (Fsp3) is 0.538. The van der Waals surface area contributed by atoms with Crippen LogP contribution in [0.5, 0.6) is 5.75 Å². The standard InChI is InChI=1S/C13H19NO2/c1-14-9-13(6-7-16-10-13)8-11-2-4-12(15)5-3-11/h2-5,14-15H,6-10H2,1H3. The number of aromatic hydroxyl groups is 1. The van der Waals surface area contributed by atoms with Crippen LogP contribution in [0.1, 0.15) is 12.0 Å². The highest BCUT2D eigenvalue weighted by atomic mass is 16.5. The molecule has 1 aromatic rings. The zero-order valence-electron chi connectivity index (χ0n) is 9.70. The van der Waals surface area contributed by atoms with Crippen molar-refractivity contribution in [3.63, 3.8) is 0 Å². The SMILES string of the molecule is CNCC1(Cc2ccc(O)cc2)CCOC1. The van der Waals surface area contributed by atoms with Gasteiger partial charge in [0, 0.05) is 18.6 Å². The van der Waals surface area contributed by atoms with Gasteiger partial charge >= 0.3 is 0 Å². The molecule has 0 aromatic heterocycles. The Hall–Kier alpha value is -1.06. The number of ether oxygens (including phenoxy) is 1. The summed E-state index contributed by atoms with van der Waals surface area (Å²) in [6.07, 6.45) is 2.11. The molecule has 0 radical (unpaired) electrons. The van der Waals surface area contributed by atoms with Gasteiger partial charge in [-0.25, -0.2) is 0 Å². The smallest absolute Gasteiger partial charge is 0.115 e. The van der Waals surface area contributed by atoms with Gasteiger partial charge < -0.3 is 15.2 Å². The fourth-order valence-corrected chi connectivity index (χ4v) is 2.41. The van der Waals surface area contributed by atoms with E-state index >= 15 is 0 Å². The maximum atomic E-state index is 9.25. The van der Waals surface area contributed by atoms with E-state index in [9.17, 15) is 5.11 Å². The van der Waals surface area contributed by atoms with Crippen LogP contribution in [0.25, 0.3) is 0 Å². The number of rotatable bonds is 4. The van der Waals surface area contributed by atoms with Crippen LogP contribution in [0.3, 0.4) is 0 Å². The van der Waals surface area contributed by atoms with Crippen molar-refractivity contribution in [1.82, 2.24) is 5.32 Å². The van der Waals surface area contributed by atoms with Crippen LogP contribution in [0, 0.1) is 5.41 Å². The summed E-state index contributed by atoms with van der Waals surface area (Å²) in [5.41, 5.74) is 1.49. The Balaban J connectivity index is 2.08. The molecule has 88 valence electrons. The molecule has 1 aliphatic rings. The van der Waals surface area contributed by atoms with Crippen LogP contribution in [-0.2, 0) is 11.2 Å². The van der Waals surface area contributed by atoms with E-state index in [1.54, 1.807) is 12.1 Å². The Kier molecular flexibility index (Phi) is 3.46. The lowest BCUT2D eigenvalue weighted by Gasteiger charge is -2.27. The Morgan fingerprint density at radius 1 is 1.38 bits per heavy atom. The molecule has 0 saturated carbocycles. The highest BCUT2D eigenvalue weighted by molar-refractivity contribution is 5.26. The van der Waals surface area contributed by atoms with E-state index in [1.165, 1.54) is 5.56 Å². The number of phenols is 1. The molecule has 1 aromatic carbocycles. The van der Waals surface area contributed by atoms with E-state index in [-0.39, 0.29) is 5.41 Å². The predicted octanol–water partition coefficient (Wildman–Crippen LogP) is 1.56. The van der Waals surface area contributed by atoms with Gasteiger partial charge in [0.1, 0.15) is 5.75 Å². The topological polar surface area (TPSA) is 41.5 Å². The van der Waals surface area contributed by atoms with Crippen molar-refractivity contribution in [1.29, 1.82) is 0 Å².